The van der Waals surface area contributed by atoms with Crippen LogP contribution in [0.15, 0.2) is 10.9 Å². The Morgan fingerprint density at radius 2 is 2.14 bits per heavy atom. The molecular weight excluding hydrogens is 186 g/mol. The molecule has 0 aliphatic carbocycles. The van der Waals surface area contributed by atoms with E-state index in [1.165, 1.54) is 13.0 Å². The van der Waals surface area contributed by atoms with Gasteiger partial charge in [0.05, 0.1) is 0 Å². The van der Waals surface area contributed by atoms with Gasteiger partial charge in [-0.05, 0) is 19.4 Å². The van der Waals surface area contributed by atoms with Crippen LogP contribution in [0.5, 0.6) is 5.88 Å². The van der Waals surface area contributed by atoms with Crippen LogP contribution in [0.4, 0.5) is 0 Å². The van der Waals surface area contributed by atoms with Gasteiger partial charge in [-0.15, -0.1) is 0 Å². The molecule has 0 aromatic carbocycles. The number of rotatable bonds is 2. The first kappa shape index (κ1) is 10.3. The lowest BCUT2D eigenvalue weighted by Gasteiger charge is -2.08. The van der Waals surface area contributed by atoms with E-state index in [2.05, 4.69) is 0 Å². The van der Waals surface area contributed by atoms with Gasteiger partial charge in [0, 0.05) is 12.6 Å². The minimum Gasteiger partial charge on any atom is -0.494 e. The molecule has 0 saturated carbocycles. The van der Waals surface area contributed by atoms with Crippen molar-refractivity contribution < 1.29 is 15.0 Å². The average molecular weight is 197 g/mol. The van der Waals surface area contributed by atoms with Gasteiger partial charge in [-0.2, -0.15) is 0 Å². The number of aromatic nitrogens is 1. The molecular formula is C9H11NO4. The molecule has 2 N–H and O–H groups in total. The lowest BCUT2D eigenvalue weighted by Crippen LogP contribution is -2.26. The predicted molar refractivity (Wildman–Crippen MR) is 49.7 cm³/mol. The fourth-order valence-corrected chi connectivity index (χ4v) is 1.32. The van der Waals surface area contributed by atoms with Crippen LogP contribution >= 0.6 is 0 Å². The van der Waals surface area contributed by atoms with Gasteiger partial charge < -0.3 is 10.2 Å². The second-order valence-corrected chi connectivity index (χ2v) is 2.92. The Labute approximate surface area is 80.2 Å². The summed E-state index contributed by atoms with van der Waals surface area (Å²) in [5.41, 5.74) is -0.688. The van der Waals surface area contributed by atoms with Crippen LogP contribution in [-0.2, 0) is 6.54 Å². The van der Waals surface area contributed by atoms with E-state index in [9.17, 15) is 14.7 Å². The number of hydrogen-bond acceptors (Lipinski definition) is 3. The SMILES string of the molecule is CCn1c(O)cc(C)c(C(=O)O)c1=O. The Morgan fingerprint density at radius 3 is 2.57 bits per heavy atom. The average Bonchev–Trinajstić information content (AvgIpc) is 2.02. The molecule has 0 amide bonds. The van der Waals surface area contributed by atoms with Crippen LogP contribution in [-0.4, -0.2) is 20.7 Å². The molecule has 1 aromatic heterocycles. The summed E-state index contributed by atoms with van der Waals surface area (Å²) in [6, 6.07) is 1.27. The van der Waals surface area contributed by atoms with Crippen LogP contribution in [0.2, 0.25) is 0 Å². The predicted octanol–water partition coefficient (Wildman–Crippen LogP) is 0.580. The number of pyridine rings is 1. The van der Waals surface area contributed by atoms with Crippen LogP contribution in [0.3, 0.4) is 0 Å². The smallest absolute Gasteiger partial charge is 0.341 e. The van der Waals surface area contributed by atoms with E-state index in [-0.39, 0.29) is 23.6 Å². The van der Waals surface area contributed by atoms with E-state index in [0.717, 1.165) is 4.57 Å². The molecule has 0 bridgehead atoms. The number of carboxylic acids is 1. The standard InChI is InChI=1S/C9H11NO4/c1-3-10-6(11)4-5(2)7(8(10)12)9(13)14/h4,11H,3H2,1-2H3,(H,13,14). The first-order chi connectivity index (χ1) is 6.49. The molecule has 0 atom stereocenters. The van der Waals surface area contributed by atoms with E-state index >= 15 is 0 Å². The van der Waals surface area contributed by atoms with Crippen molar-refractivity contribution in [3.63, 3.8) is 0 Å². The van der Waals surface area contributed by atoms with E-state index < -0.39 is 11.5 Å². The van der Waals surface area contributed by atoms with Crippen molar-refractivity contribution >= 4 is 5.97 Å². The highest BCUT2D eigenvalue weighted by atomic mass is 16.4. The number of carbonyl (C=O) groups is 1. The Kier molecular flexibility index (Phi) is 2.60. The highest BCUT2D eigenvalue weighted by Gasteiger charge is 2.16. The zero-order chi connectivity index (χ0) is 10.9. The fraction of sp³-hybridized carbons (Fsp3) is 0.333. The van der Waals surface area contributed by atoms with Gasteiger partial charge >= 0.3 is 5.97 Å². The Morgan fingerprint density at radius 1 is 1.57 bits per heavy atom. The third kappa shape index (κ3) is 1.48. The summed E-state index contributed by atoms with van der Waals surface area (Å²) in [6.07, 6.45) is 0. The minimum atomic E-state index is -1.27. The van der Waals surface area contributed by atoms with E-state index in [1.54, 1.807) is 6.92 Å². The fourth-order valence-electron chi connectivity index (χ4n) is 1.32. The minimum absolute atomic E-state index is 0.208. The maximum atomic E-state index is 11.5. The number of aromatic hydroxyl groups is 1. The van der Waals surface area contributed by atoms with E-state index in [0.29, 0.717) is 0 Å². The van der Waals surface area contributed by atoms with Crippen LogP contribution < -0.4 is 5.56 Å². The Bertz CT molecular complexity index is 433. The van der Waals surface area contributed by atoms with Gasteiger partial charge in [0.25, 0.3) is 5.56 Å². The van der Waals surface area contributed by atoms with E-state index in [1.807, 2.05) is 0 Å². The highest BCUT2D eigenvalue weighted by molar-refractivity contribution is 5.88. The van der Waals surface area contributed by atoms with Gasteiger partial charge in [-0.1, -0.05) is 0 Å². The van der Waals surface area contributed by atoms with Crippen molar-refractivity contribution in [1.82, 2.24) is 4.57 Å². The number of nitrogens with zero attached hydrogens (tertiary/aromatic N) is 1. The molecule has 5 nitrogen and oxygen atoms in total. The van der Waals surface area contributed by atoms with Crippen molar-refractivity contribution in [2.75, 3.05) is 0 Å². The second-order valence-electron chi connectivity index (χ2n) is 2.92. The Hall–Kier alpha value is -1.78. The number of hydrogen-bond donors (Lipinski definition) is 2. The molecule has 0 unspecified atom stereocenters. The molecule has 1 aromatic rings. The maximum Gasteiger partial charge on any atom is 0.341 e. The zero-order valence-corrected chi connectivity index (χ0v) is 7.94. The van der Waals surface area contributed by atoms with Gasteiger partial charge in [0.2, 0.25) is 0 Å². The van der Waals surface area contributed by atoms with Crippen molar-refractivity contribution in [1.29, 1.82) is 0 Å². The molecule has 1 heterocycles. The van der Waals surface area contributed by atoms with Crippen molar-refractivity contribution in [3.05, 3.63) is 27.5 Å². The molecule has 0 spiro atoms. The molecule has 0 aliphatic heterocycles. The molecule has 1 rings (SSSR count). The highest BCUT2D eigenvalue weighted by Crippen LogP contribution is 2.11. The topological polar surface area (TPSA) is 79.5 Å². The summed E-state index contributed by atoms with van der Waals surface area (Å²) >= 11 is 0. The molecule has 0 radical (unpaired) electrons. The lowest BCUT2D eigenvalue weighted by molar-refractivity contribution is 0.0693. The quantitative estimate of drug-likeness (QED) is 0.726. The van der Waals surface area contributed by atoms with Gasteiger partial charge in [0.1, 0.15) is 5.56 Å². The molecule has 76 valence electrons. The first-order valence-electron chi connectivity index (χ1n) is 4.15. The maximum absolute atomic E-state index is 11.5. The lowest BCUT2D eigenvalue weighted by atomic mass is 10.1. The first-order valence-corrected chi connectivity index (χ1v) is 4.15. The summed E-state index contributed by atoms with van der Waals surface area (Å²) in [6.45, 7) is 3.37. The second kappa shape index (κ2) is 3.53. The Balaban J connectivity index is 3.61. The largest absolute Gasteiger partial charge is 0.494 e. The van der Waals surface area contributed by atoms with Gasteiger partial charge in [-0.3, -0.25) is 9.36 Å². The van der Waals surface area contributed by atoms with Crippen molar-refractivity contribution in [2.24, 2.45) is 0 Å². The number of aromatic carboxylic acids is 1. The number of aryl methyl sites for hydroxylation is 1. The molecule has 0 saturated heterocycles. The summed E-state index contributed by atoms with van der Waals surface area (Å²) < 4.78 is 1.01. The molecule has 5 heteroatoms. The third-order valence-electron chi connectivity index (χ3n) is 2.01. The molecule has 0 fully saturated rings. The van der Waals surface area contributed by atoms with Crippen LogP contribution in [0, 0.1) is 6.92 Å². The summed E-state index contributed by atoms with van der Waals surface area (Å²) in [4.78, 5) is 22.2. The summed E-state index contributed by atoms with van der Waals surface area (Å²) in [5, 5.41) is 18.1. The van der Waals surface area contributed by atoms with Gasteiger partial charge in [0.15, 0.2) is 5.88 Å². The molecule has 14 heavy (non-hydrogen) atoms. The normalized spacial score (nSPS) is 10.1. The summed E-state index contributed by atoms with van der Waals surface area (Å²) in [5.74, 6) is -1.48. The van der Waals surface area contributed by atoms with Crippen molar-refractivity contribution in [2.45, 2.75) is 20.4 Å². The molecule has 0 aliphatic rings. The van der Waals surface area contributed by atoms with Crippen molar-refractivity contribution in [3.8, 4) is 5.88 Å². The van der Waals surface area contributed by atoms with Gasteiger partial charge in [-0.25, -0.2) is 4.79 Å². The van der Waals surface area contributed by atoms with E-state index in [4.69, 9.17) is 5.11 Å². The summed E-state index contributed by atoms with van der Waals surface area (Å²) in [7, 11) is 0. The third-order valence-corrected chi connectivity index (χ3v) is 2.01. The zero-order valence-electron chi connectivity index (χ0n) is 7.94. The van der Waals surface area contributed by atoms with Crippen LogP contribution in [0.25, 0.3) is 0 Å². The number of carboxylic acid groups (broad SMARTS) is 1. The monoisotopic (exact) mass is 197 g/mol. The van der Waals surface area contributed by atoms with Crippen LogP contribution in [0.1, 0.15) is 22.8 Å².